The molecule has 5 aromatic carbocycles. The van der Waals surface area contributed by atoms with E-state index in [1.54, 1.807) is 0 Å². The molecule has 0 aliphatic rings. The summed E-state index contributed by atoms with van der Waals surface area (Å²) in [6, 6.07) is 21.9. The fourth-order valence-electron chi connectivity index (χ4n) is 3.53. The van der Waals surface area contributed by atoms with Crippen LogP contribution in [-0.4, -0.2) is 5.11 Å². The lowest BCUT2D eigenvalue weighted by Gasteiger charge is -2.10. The Balaban J connectivity index is 1.94. The molecule has 5 aromatic rings. The first-order chi connectivity index (χ1) is 12.1. The van der Waals surface area contributed by atoms with Crippen molar-refractivity contribution in [2.45, 2.75) is 0 Å². The summed E-state index contributed by atoms with van der Waals surface area (Å²) in [5.74, 6) is 0.297. The predicted molar refractivity (Wildman–Crippen MR) is 108 cm³/mol. The van der Waals surface area contributed by atoms with Gasteiger partial charge in [0.1, 0.15) is 5.75 Å². The van der Waals surface area contributed by atoms with Crippen molar-refractivity contribution >= 4 is 66.3 Å². The third-order valence-electron chi connectivity index (χ3n) is 4.76. The molecule has 0 radical (unpaired) electrons. The van der Waals surface area contributed by atoms with Crippen LogP contribution in [-0.2, 0) is 0 Å². The Morgan fingerprint density at radius 2 is 0.920 bits per heavy atom. The molecule has 0 aliphatic carbocycles. The summed E-state index contributed by atoms with van der Waals surface area (Å²) >= 11 is 12.2. The fraction of sp³-hybridized carbons (Fsp3) is 0. The number of phenolic OH excluding ortho intramolecular Hbond substituents is 1. The van der Waals surface area contributed by atoms with E-state index in [0.717, 1.165) is 43.1 Å². The van der Waals surface area contributed by atoms with Gasteiger partial charge in [0, 0.05) is 20.8 Å². The van der Waals surface area contributed by atoms with Crippen LogP contribution in [0.25, 0.3) is 43.1 Å². The van der Waals surface area contributed by atoms with Crippen LogP contribution in [0.2, 0.25) is 10.0 Å². The molecule has 0 heterocycles. The van der Waals surface area contributed by atoms with Crippen molar-refractivity contribution in [1.82, 2.24) is 0 Å². The topological polar surface area (TPSA) is 20.2 Å². The third kappa shape index (κ3) is 2.31. The minimum atomic E-state index is 0.297. The third-order valence-corrected chi connectivity index (χ3v) is 5.23. The summed E-state index contributed by atoms with van der Waals surface area (Å²) in [6.45, 7) is 0. The molecular weight excluding hydrogens is 351 g/mol. The van der Waals surface area contributed by atoms with E-state index in [1.807, 2.05) is 48.5 Å². The number of halogens is 2. The van der Waals surface area contributed by atoms with Gasteiger partial charge in [-0.1, -0.05) is 35.3 Å². The first-order valence-corrected chi connectivity index (χ1v) is 8.72. The van der Waals surface area contributed by atoms with Crippen molar-refractivity contribution in [3.05, 3.63) is 76.8 Å². The van der Waals surface area contributed by atoms with Crippen LogP contribution in [0.4, 0.5) is 0 Å². The number of benzene rings is 5. The molecule has 0 saturated heterocycles. The van der Waals surface area contributed by atoms with Crippen LogP contribution < -0.4 is 0 Å². The molecule has 1 nitrogen and oxygen atoms in total. The number of fused-ring (bicyclic) bond motifs is 4. The van der Waals surface area contributed by atoms with Crippen molar-refractivity contribution in [3.63, 3.8) is 0 Å². The number of hydrogen-bond acceptors (Lipinski definition) is 1. The smallest absolute Gasteiger partial charge is 0.131 e. The molecule has 25 heavy (non-hydrogen) atoms. The van der Waals surface area contributed by atoms with Crippen molar-refractivity contribution in [2.75, 3.05) is 0 Å². The molecule has 120 valence electrons. The summed E-state index contributed by atoms with van der Waals surface area (Å²) in [4.78, 5) is 0. The Kier molecular flexibility index (Phi) is 3.12. The van der Waals surface area contributed by atoms with Gasteiger partial charge in [0.15, 0.2) is 0 Å². The predicted octanol–water partition coefficient (Wildman–Crippen LogP) is 7.31. The molecule has 0 atom stereocenters. The maximum Gasteiger partial charge on any atom is 0.131 e. The monoisotopic (exact) mass is 362 g/mol. The molecule has 1 N–H and O–H groups in total. The first kappa shape index (κ1) is 14.8. The van der Waals surface area contributed by atoms with Crippen molar-refractivity contribution in [2.24, 2.45) is 0 Å². The second-order valence-electron chi connectivity index (χ2n) is 6.35. The van der Waals surface area contributed by atoms with Crippen LogP contribution in [0.3, 0.4) is 0 Å². The minimum absolute atomic E-state index is 0.297. The Hall–Kier alpha value is -2.48. The molecule has 0 amide bonds. The van der Waals surface area contributed by atoms with E-state index < -0.39 is 0 Å². The maximum absolute atomic E-state index is 10.9. The van der Waals surface area contributed by atoms with Gasteiger partial charge in [-0.05, 0) is 86.9 Å². The van der Waals surface area contributed by atoms with Crippen LogP contribution >= 0.6 is 23.2 Å². The number of rotatable bonds is 0. The second kappa shape index (κ2) is 5.26. The second-order valence-corrected chi connectivity index (χ2v) is 7.23. The Bertz CT molecular complexity index is 1320. The molecular formula is C22H12Cl2O. The van der Waals surface area contributed by atoms with Crippen molar-refractivity contribution in [3.8, 4) is 5.75 Å². The highest BCUT2D eigenvalue weighted by Gasteiger charge is 2.10. The highest BCUT2D eigenvalue weighted by atomic mass is 35.5. The van der Waals surface area contributed by atoms with Crippen LogP contribution in [0.5, 0.6) is 5.75 Å². The van der Waals surface area contributed by atoms with Gasteiger partial charge in [-0.3, -0.25) is 0 Å². The van der Waals surface area contributed by atoms with E-state index in [0.29, 0.717) is 15.8 Å². The molecule has 0 saturated carbocycles. The van der Waals surface area contributed by atoms with Gasteiger partial charge in [-0.2, -0.15) is 0 Å². The molecule has 0 aromatic heterocycles. The average Bonchev–Trinajstić information content (AvgIpc) is 2.59. The van der Waals surface area contributed by atoms with Gasteiger partial charge < -0.3 is 5.11 Å². The molecule has 0 spiro atoms. The largest absolute Gasteiger partial charge is 0.507 e. The standard InChI is InChI=1S/C22H12Cl2O/c23-18-4-2-13-10-20-17(6-14(13)8-18)7-16-5-12-1-3-19(24)9-15(12)11-21(16)22(20)25/h1-11,25H. The van der Waals surface area contributed by atoms with E-state index >= 15 is 0 Å². The fourth-order valence-corrected chi connectivity index (χ4v) is 3.90. The van der Waals surface area contributed by atoms with Gasteiger partial charge in [0.2, 0.25) is 0 Å². The van der Waals surface area contributed by atoms with Crippen LogP contribution in [0.1, 0.15) is 0 Å². The zero-order valence-corrected chi connectivity index (χ0v) is 14.6. The minimum Gasteiger partial charge on any atom is -0.507 e. The van der Waals surface area contributed by atoms with E-state index in [4.69, 9.17) is 23.2 Å². The molecule has 0 aliphatic heterocycles. The summed E-state index contributed by atoms with van der Waals surface area (Å²) in [6.07, 6.45) is 0. The van der Waals surface area contributed by atoms with E-state index in [2.05, 4.69) is 18.2 Å². The van der Waals surface area contributed by atoms with E-state index in [1.165, 1.54) is 0 Å². The summed E-state index contributed by atoms with van der Waals surface area (Å²) in [7, 11) is 0. The van der Waals surface area contributed by atoms with Gasteiger partial charge in [0.05, 0.1) is 0 Å². The molecule has 0 fully saturated rings. The summed E-state index contributed by atoms with van der Waals surface area (Å²) < 4.78 is 0. The highest BCUT2D eigenvalue weighted by molar-refractivity contribution is 6.32. The SMILES string of the molecule is Oc1c2cc3ccc(Cl)cc3cc2cc2cc3ccc(Cl)cc3cc12. The normalized spacial score (nSPS) is 11.8. The van der Waals surface area contributed by atoms with Gasteiger partial charge in [0.25, 0.3) is 0 Å². The summed E-state index contributed by atoms with van der Waals surface area (Å²) in [5, 5.41) is 20.2. The van der Waals surface area contributed by atoms with Gasteiger partial charge in [-0.15, -0.1) is 0 Å². The zero-order valence-electron chi connectivity index (χ0n) is 13.1. The Labute approximate surface area is 154 Å². The van der Waals surface area contributed by atoms with Gasteiger partial charge >= 0.3 is 0 Å². The number of phenols is 1. The lowest BCUT2D eigenvalue weighted by atomic mass is 9.96. The van der Waals surface area contributed by atoms with E-state index in [-0.39, 0.29) is 0 Å². The number of hydrogen-bond donors (Lipinski definition) is 1. The average molecular weight is 363 g/mol. The van der Waals surface area contributed by atoms with Crippen LogP contribution in [0.15, 0.2) is 66.7 Å². The van der Waals surface area contributed by atoms with Gasteiger partial charge in [-0.25, -0.2) is 0 Å². The molecule has 0 unspecified atom stereocenters. The van der Waals surface area contributed by atoms with Crippen LogP contribution in [0, 0.1) is 0 Å². The summed E-state index contributed by atoms with van der Waals surface area (Å²) in [5.41, 5.74) is 0. The van der Waals surface area contributed by atoms with Crippen molar-refractivity contribution in [1.29, 1.82) is 0 Å². The highest BCUT2D eigenvalue weighted by Crippen LogP contribution is 2.38. The Morgan fingerprint density at radius 3 is 1.56 bits per heavy atom. The molecule has 0 bridgehead atoms. The molecule has 5 rings (SSSR count). The lowest BCUT2D eigenvalue weighted by Crippen LogP contribution is -1.82. The van der Waals surface area contributed by atoms with Crippen molar-refractivity contribution < 1.29 is 5.11 Å². The maximum atomic E-state index is 10.9. The molecule has 3 heteroatoms. The quantitative estimate of drug-likeness (QED) is 0.286. The van der Waals surface area contributed by atoms with E-state index in [9.17, 15) is 5.11 Å². The number of aromatic hydroxyl groups is 1. The first-order valence-electron chi connectivity index (χ1n) is 7.96. The zero-order chi connectivity index (χ0) is 17.1. The Morgan fingerprint density at radius 1 is 0.480 bits per heavy atom. The lowest BCUT2D eigenvalue weighted by molar-refractivity contribution is 0.488.